The van der Waals surface area contributed by atoms with Gasteiger partial charge in [-0.2, -0.15) is 4.39 Å². The summed E-state index contributed by atoms with van der Waals surface area (Å²) in [5.41, 5.74) is -0.827. The lowest BCUT2D eigenvalue weighted by molar-refractivity contribution is -0.387. The minimum absolute atomic E-state index is 0.246. The van der Waals surface area contributed by atoms with Gasteiger partial charge < -0.3 is 0 Å². The number of benzene rings is 1. The lowest BCUT2D eigenvalue weighted by Crippen LogP contribution is -2.04. The summed E-state index contributed by atoms with van der Waals surface area (Å²) in [7, 11) is 0. The van der Waals surface area contributed by atoms with Crippen LogP contribution in [-0.2, 0) is 9.68 Å². The standard InChI is InChI=1S/C8H5ClFNO5/c1-4(12)15-16-8-3-7(11(13)14)6(10)2-5(8)9/h2-3H,1H3. The molecule has 0 saturated heterocycles. The number of carbonyl (C=O) groups is 1. The molecule has 0 aliphatic rings. The van der Waals surface area contributed by atoms with Gasteiger partial charge in [-0.05, 0) is 0 Å². The summed E-state index contributed by atoms with van der Waals surface area (Å²) < 4.78 is 13.0. The second-order valence-corrected chi connectivity index (χ2v) is 3.06. The van der Waals surface area contributed by atoms with Crippen molar-refractivity contribution in [1.82, 2.24) is 0 Å². The average Bonchev–Trinajstić information content (AvgIpc) is 2.15. The zero-order valence-electron chi connectivity index (χ0n) is 7.90. The number of hydrogen-bond donors (Lipinski definition) is 0. The van der Waals surface area contributed by atoms with Crippen LogP contribution in [0, 0.1) is 15.9 Å². The predicted octanol–water partition coefficient (Wildman–Crippen LogP) is 2.24. The number of carbonyl (C=O) groups excluding carboxylic acids is 1. The predicted molar refractivity (Wildman–Crippen MR) is 50.5 cm³/mol. The number of rotatable bonds is 3. The van der Waals surface area contributed by atoms with E-state index in [0.717, 1.165) is 13.0 Å². The third-order valence-electron chi connectivity index (χ3n) is 1.45. The Bertz CT molecular complexity index is 450. The van der Waals surface area contributed by atoms with Gasteiger partial charge in [0.05, 0.1) is 16.0 Å². The molecule has 8 heteroatoms. The number of halogens is 2. The second kappa shape index (κ2) is 4.75. The van der Waals surface area contributed by atoms with E-state index in [1.165, 1.54) is 0 Å². The Kier molecular flexibility index (Phi) is 3.62. The van der Waals surface area contributed by atoms with E-state index in [9.17, 15) is 19.3 Å². The molecule has 86 valence electrons. The highest BCUT2D eigenvalue weighted by atomic mass is 35.5. The molecule has 0 aromatic heterocycles. The first-order valence-corrected chi connectivity index (χ1v) is 4.28. The molecular weight excluding hydrogens is 245 g/mol. The number of nitro benzene ring substituents is 1. The van der Waals surface area contributed by atoms with Gasteiger partial charge in [-0.3, -0.25) is 19.9 Å². The smallest absolute Gasteiger partial charge is 0.285 e. The first-order chi connectivity index (χ1) is 7.41. The van der Waals surface area contributed by atoms with Gasteiger partial charge in [-0.1, -0.05) is 11.6 Å². The molecule has 0 saturated carbocycles. The Morgan fingerprint density at radius 3 is 2.69 bits per heavy atom. The molecule has 0 unspecified atom stereocenters. The molecule has 6 nitrogen and oxygen atoms in total. The van der Waals surface area contributed by atoms with Crippen LogP contribution in [0.3, 0.4) is 0 Å². The Hall–Kier alpha value is -1.89. The van der Waals surface area contributed by atoms with Gasteiger partial charge in [0.25, 0.3) is 0 Å². The van der Waals surface area contributed by atoms with E-state index in [1.54, 1.807) is 0 Å². The average molecular weight is 250 g/mol. The zero-order chi connectivity index (χ0) is 12.3. The monoisotopic (exact) mass is 249 g/mol. The molecular formula is C8H5ClFNO5. The molecule has 0 fully saturated rings. The molecule has 0 atom stereocenters. The highest BCUT2D eigenvalue weighted by Crippen LogP contribution is 2.31. The molecule has 0 heterocycles. The molecule has 16 heavy (non-hydrogen) atoms. The van der Waals surface area contributed by atoms with Gasteiger partial charge >= 0.3 is 11.7 Å². The highest BCUT2D eigenvalue weighted by molar-refractivity contribution is 6.32. The van der Waals surface area contributed by atoms with Gasteiger partial charge in [-0.15, -0.1) is 0 Å². The summed E-state index contributed by atoms with van der Waals surface area (Å²) in [5.74, 6) is -2.20. The summed E-state index contributed by atoms with van der Waals surface area (Å²) in [6.07, 6.45) is 0. The Morgan fingerprint density at radius 2 is 2.19 bits per heavy atom. The van der Waals surface area contributed by atoms with Crippen molar-refractivity contribution in [2.75, 3.05) is 0 Å². The maximum Gasteiger partial charge on any atom is 0.352 e. The number of nitrogens with zero attached hydrogens (tertiary/aromatic N) is 1. The van der Waals surface area contributed by atoms with Crippen LogP contribution in [0.15, 0.2) is 12.1 Å². The van der Waals surface area contributed by atoms with Crippen molar-refractivity contribution in [1.29, 1.82) is 0 Å². The first kappa shape index (κ1) is 12.2. The molecule has 0 amide bonds. The van der Waals surface area contributed by atoms with E-state index >= 15 is 0 Å². The van der Waals surface area contributed by atoms with Crippen molar-refractivity contribution >= 4 is 23.3 Å². The summed E-state index contributed by atoms with van der Waals surface area (Å²) in [6, 6.07) is 1.42. The highest BCUT2D eigenvalue weighted by Gasteiger charge is 2.19. The van der Waals surface area contributed by atoms with Crippen LogP contribution in [0.25, 0.3) is 0 Å². The van der Waals surface area contributed by atoms with Gasteiger partial charge in [-0.25, -0.2) is 4.79 Å². The molecule has 0 bridgehead atoms. The molecule has 0 spiro atoms. The molecule has 1 aromatic carbocycles. The van der Waals surface area contributed by atoms with Crippen LogP contribution in [0.2, 0.25) is 5.02 Å². The fourth-order valence-electron chi connectivity index (χ4n) is 0.826. The van der Waals surface area contributed by atoms with E-state index in [-0.39, 0.29) is 10.8 Å². The Balaban J connectivity index is 3.05. The second-order valence-electron chi connectivity index (χ2n) is 2.65. The van der Waals surface area contributed by atoms with E-state index in [4.69, 9.17) is 11.6 Å². The molecule has 0 aliphatic heterocycles. The van der Waals surface area contributed by atoms with Gasteiger partial charge in [0, 0.05) is 13.0 Å². The van der Waals surface area contributed by atoms with Crippen molar-refractivity contribution in [2.24, 2.45) is 0 Å². The lowest BCUT2D eigenvalue weighted by Gasteiger charge is -2.04. The first-order valence-electron chi connectivity index (χ1n) is 3.90. The normalized spacial score (nSPS) is 9.69. The fourth-order valence-corrected chi connectivity index (χ4v) is 1.01. The van der Waals surface area contributed by atoms with Gasteiger partial charge in [0.15, 0.2) is 0 Å². The lowest BCUT2D eigenvalue weighted by atomic mass is 10.3. The van der Waals surface area contributed by atoms with E-state index in [0.29, 0.717) is 6.07 Å². The van der Waals surface area contributed by atoms with Crippen LogP contribution >= 0.6 is 11.6 Å². The zero-order valence-corrected chi connectivity index (χ0v) is 8.66. The van der Waals surface area contributed by atoms with Crippen LogP contribution in [0.1, 0.15) is 6.92 Å². The molecule has 0 N–H and O–H groups in total. The Morgan fingerprint density at radius 1 is 1.56 bits per heavy atom. The summed E-state index contributed by atoms with van der Waals surface area (Å²) in [4.78, 5) is 28.4. The van der Waals surface area contributed by atoms with Gasteiger partial charge in [0.2, 0.25) is 11.6 Å². The van der Waals surface area contributed by atoms with E-state index in [1.807, 2.05) is 0 Å². The summed E-state index contributed by atoms with van der Waals surface area (Å²) >= 11 is 5.51. The van der Waals surface area contributed by atoms with Crippen molar-refractivity contribution < 1.29 is 23.9 Å². The minimum atomic E-state index is -1.11. The van der Waals surface area contributed by atoms with Crippen molar-refractivity contribution in [3.05, 3.63) is 33.1 Å². The van der Waals surface area contributed by atoms with Crippen LogP contribution in [-0.4, -0.2) is 10.9 Å². The topological polar surface area (TPSA) is 78.7 Å². The van der Waals surface area contributed by atoms with Crippen LogP contribution in [0.5, 0.6) is 5.75 Å². The minimum Gasteiger partial charge on any atom is -0.285 e. The van der Waals surface area contributed by atoms with Crippen molar-refractivity contribution in [2.45, 2.75) is 6.92 Å². The molecule has 1 rings (SSSR count). The Labute approximate surface area is 93.6 Å². The fraction of sp³-hybridized carbons (Fsp3) is 0.125. The molecule has 0 aliphatic carbocycles. The number of hydrogen-bond acceptors (Lipinski definition) is 5. The summed E-state index contributed by atoms with van der Waals surface area (Å²) in [6.45, 7) is 1.06. The van der Waals surface area contributed by atoms with E-state index < -0.39 is 22.4 Å². The van der Waals surface area contributed by atoms with Crippen molar-refractivity contribution in [3.8, 4) is 5.75 Å². The molecule has 0 radical (unpaired) electrons. The quantitative estimate of drug-likeness (QED) is 0.466. The number of nitro groups is 1. The van der Waals surface area contributed by atoms with Crippen LogP contribution in [0.4, 0.5) is 10.1 Å². The van der Waals surface area contributed by atoms with Crippen LogP contribution < -0.4 is 4.89 Å². The maximum absolute atomic E-state index is 13.0. The van der Waals surface area contributed by atoms with Crippen molar-refractivity contribution in [3.63, 3.8) is 0 Å². The molecule has 1 aromatic rings. The van der Waals surface area contributed by atoms with E-state index in [2.05, 4.69) is 9.78 Å². The van der Waals surface area contributed by atoms with Gasteiger partial charge in [0.1, 0.15) is 0 Å². The maximum atomic E-state index is 13.0. The third kappa shape index (κ3) is 2.80. The summed E-state index contributed by atoms with van der Waals surface area (Å²) in [5, 5.41) is 10.1. The largest absolute Gasteiger partial charge is 0.352 e. The SMILES string of the molecule is CC(=O)OOc1cc([N+](=O)[O-])c(F)cc1Cl. The third-order valence-corrected chi connectivity index (χ3v) is 1.74.